The number of rotatable bonds is 4. The van der Waals surface area contributed by atoms with Gasteiger partial charge in [0.1, 0.15) is 0 Å². The van der Waals surface area contributed by atoms with Crippen LogP contribution in [-0.4, -0.2) is 47.9 Å². The number of halogens is 2. The number of hydrogen-bond acceptors (Lipinski definition) is 3. The molecule has 120 valence electrons. The van der Waals surface area contributed by atoms with Crippen molar-refractivity contribution in [3.8, 4) is 0 Å². The Morgan fingerprint density at radius 1 is 1.14 bits per heavy atom. The van der Waals surface area contributed by atoms with Gasteiger partial charge in [0.05, 0.1) is 6.04 Å². The fourth-order valence-electron chi connectivity index (χ4n) is 2.38. The first-order valence-corrected chi connectivity index (χ1v) is 7.01. The minimum atomic E-state index is -0.333. The lowest BCUT2D eigenvalue weighted by Gasteiger charge is -2.35. The molecule has 21 heavy (non-hydrogen) atoms. The Kier molecular flexibility index (Phi) is 9.62. The molecule has 1 aliphatic heterocycles. The summed E-state index contributed by atoms with van der Waals surface area (Å²) in [5.41, 5.74) is 7.13. The molecule has 2 rings (SSSR count). The minimum Gasteiger partial charge on any atom is -0.339 e. The number of carbonyl (C=O) groups is 1. The molecular formula is C15H25Cl2N3O. The molecule has 1 saturated heterocycles. The van der Waals surface area contributed by atoms with E-state index in [4.69, 9.17) is 5.73 Å². The summed E-state index contributed by atoms with van der Waals surface area (Å²) in [6, 6.07) is 10.1. The van der Waals surface area contributed by atoms with Crippen LogP contribution in [0.4, 0.5) is 0 Å². The van der Waals surface area contributed by atoms with Crippen LogP contribution >= 0.6 is 24.8 Å². The summed E-state index contributed by atoms with van der Waals surface area (Å²) in [5.74, 6) is 0.0989. The molecule has 1 aromatic carbocycles. The van der Waals surface area contributed by atoms with E-state index < -0.39 is 0 Å². The van der Waals surface area contributed by atoms with Crippen LogP contribution in [0.1, 0.15) is 18.9 Å². The van der Waals surface area contributed by atoms with Gasteiger partial charge in [-0.15, -0.1) is 24.8 Å². The van der Waals surface area contributed by atoms with Crippen molar-refractivity contribution >= 4 is 30.7 Å². The summed E-state index contributed by atoms with van der Waals surface area (Å²) in [5, 5.41) is 0. The Labute approximate surface area is 139 Å². The number of nitrogens with two attached hydrogens (primary N) is 1. The molecule has 0 unspecified atom stereocenters. The molecule has 0 aromatic heterocycles. The monoisotopic (exact) mass is 333 g/mol. The van der Waals surface area contributed by atoms with E-state index in [-0.39, 0.29) is 36.8 Å². The van der Waals surface area contributed by atoms with E-state index in [0.717, 1.165) is 32.7 Å². The summed E-state index contributed by atoms with van der Waals surface area (Å²) in [6.45, 7) is 6.35. The van der Waals surface area contributed by atoms with Gasteiger partial charge in [0, 0.05) is 32.7 Å². The lowest BCUT2D eigenvalue weighted by Crippen LogP contribution is -2.52. The van der Waals surface area contributed by atoms with Crippen LogP contribution in [0.15, 0.2) is 30.3 Å². The van der Waals surface area contributed by atoms with Crippen molar-refractivity contribution in [2.45, 2.75) is 25.9 Å². The zero-order chi connectivity index (χ0) is 13.7. The van der Waals surface area contributed by atoms with Gasteiger partial charge in [0.2, 0.25) is 5.91 Å². The molecule has 1 atom stereocenters. The summed E-state index contributed by atoms with van der Waals surface area (Å²) >= 11 is 0. The van der Waals surface area contributed by atoms with Gasteiger partial charge in [-0.3, -0.25) is 9.69 Å². The Morgan fingerprint density at radius 2 is 1.71 bits per heavy atom. The molecule has 1 heterocycles. The fraction of sp³-hybridized carbons (Fsp3) is 0.533. The Hall–Kier alpha value is -0.810. The summed E-state index contributed by atoms with van der Waals surface area (Å²) in [6.07, 6.45) is 0.711. The second kappa shape index (κ2) is 10.0. The van der Waals surface area contributed by atoms with E-state index in [9.17, 15) is 4.79 Å². The van der Waals surface area contributed by atoms with Crippen molar-refractivity contribution in [2.75, 3.05) is 26.2 Å². The van der Waals surface area contributed by atoms with Crippen LogP contribution in [0, 0.1) is 0 Å². The molecule has 0 aliphatic carbocycles. The summed E-state index contributed by atoms with van der Waals surface area (Å²) < 4.78 is 0. The second-order valence-electron chi connectivity index (χ2n) is 5.10. The molecule has 0 bridgehead atoms. The Balaban J connectivity index is 0.00000200. The van der Waals surface area contributed by atoms with Crippen LogP contribution in [0.5, 0.6) is 0 Å². The molecule has 0 spiro atoms. The first kappa shape index (κ1) is 20.2. The molecule has 1 aromatic rings. The smallest absolute Gasteiger partial charge is 0.239 e. The highest BCUT2D eigenvalue weighted by Crippen LogP contribution is 2.09. The molecule has 2 N–H and O–H groups in total. The van der Waals surface area contributed by atoms with Crippen molar-refractivity contribution in [2.24, 2.45) is 5.73 Å². The molecule has 1 amide bonds. The lowest BCUT2D eigenvalue weighted by atomic mass is 10.1. The van der Waals surface area contributed by atoms with Crippen molar-refractivity contribution in [3.63, 3.8) is 0 Å². The number of amides is 1. The molecular weight excluding hydrogens is 309 g/mol. The SMILES string of the molecule is CC[C@H](N)C(=O)N1CCN(Cc2ccccc2)CC1.Cl.Cl. The van der Waals surface area contributed by atoms with Gasteiger partial charge in [0.15, 0.2) is 0 Å². The first-order chi connectivity index (χ1) is 9.20. The summed E-state index contributed by atoms with van der Waals surface area (Å²) in [4.78, 5) is 16.3. The van der Waals surface area contributed by atoms with Gasteiger partial charge in [-0.2, -0.15) is 0 Å². The van der Waals surface area contributed by atoms with E-state index in [1.54, 1.807) is 0 Å². The maximum Gasteiger partial charge on any atom is 0.239 e. The van der Waals surface area contributed by atoms with E-state index in [0.29, 0.717) is 6.42 Å². The quantitative estimate of drug-likeness (QED) is 0.915. The zero-order valence-corrected chi connectivity index (χ0v) is 14.0. The highest BCUT2D eigenvalue weighted by Gasteiger charge is 2.24. The van der Waals surface area contributed by atoms with Gasteiger partial charge < -0.3 is 10.6 Å². The number of carbonyl (C=O) groups excluding carboxylic acids is 1. The maximum absolute atomic E-state index is 12.0. The second-order valence-corrected chi connectivity index (χ2v) is 5.10. The number of nitrogens with zero attached hydrogens (tertiary/aromatic N) is 2. The predicted molar refractivity (Wildman–Crippen MR) is 91.1 cm³/mol. The van der Waals surface area contributed by atoms with Crippen molar-refractivity contribution in [1.82, 2.24) is 9.80 Å². The Morgan fingerprint density at radius 3 is 2.24 bits per heavy atom. The van der Waals surface area contributed by atoms with E-state index in [1.165, 1.54) is 5.56 Å². The summed E-state index contributed by atoms with van der Waals surface area (Å²) in [7, 11) is 0. The third-order valence-electron chi connectivity index (χ3n) is 3.69. The topological polar surface area (TPSA) is 49.6 Å². The van der Waals surface area contributed by atoms with Gasteiger partial charge >= 0.3 is 0 Å². The highest BCUT2D eigenvalue weighted by molar-refractivity contribution is 5.85. The standard InChI is InChI=1S/C15H23N3O.2ClH/c1-2-14(16)15(19)18-10-8-17(9-11-18)12-13-6-4-3-5-7-13;;/h3-7,14H,2,8-12,16H2,1H3;2*1H/t14-;;/m0../s1. The molecule has 6 heteroatoms. The zero-order valence-electron chi connectivity index (χ0n) is 12.4. The number of benzene rings is 1. The number of piperazine rings is 1. The average Bonchev–Trinajstić information content (AvgIpc) is 2.47. The number of hydrogen-bond donors (Lipinski definition) is 1. The third kappa shape index (κ3) is 5.83. The maximum atomic E-state index is 12.0. The average molecular weight is 334 g/mol. The van der Waals surface area contributed by atoms with Crippen molar-refractivity contribution in [3.05, 3.63) is 35.9 Å². The van der Waals surface area contributed by atoms with Crippen LogP contribution < -0.4 is 5.73 Å². The van der Waals surface area contributed by atoms with Gasteiger partial charge in [-0.25, -0.2) is 0 Å². The first-order valence-electron chi connectivity index (χ1n) is 7.01. The van der Waals surface area contributed by atoms with Gasteiger partial charge in [-0.1, -0.05) is 37.3 Å². The van der Waals surface area contributed by atoms with Crippen LogP contribution in [0.2, 0.25) is 0 Å². The third-order valence-corrected chi connectivity index (χ3v) is 3.69. The largest absolute Gasteiger partial charge is 0.339 e. The Bertz CT molecular complexity index is 409. The van der Waals surface area contributed by atoms with Crippen molar-refractivity contribution < 1.29 is 4.79 Å². The molecule has 1 fully saturated rings. The van der Waals surface area contributed by atoms with Crippen LogP contribution in [0.3, 0.4) is 0 Å². The lowest BCUT2D eigenvalue weighted by molar-refractivity contribution is -0.134. The molecule has 0 saturated carbocycles. The fourth-order valence-corrected chi connectivity index (χ4v) is 2.38. The van der Waals surface area contributed by atoms with Gasteiger partial charge in [-0.05, 0) is 12.0 Å². The molecule has 4 nitrogen and oxygen atoms in total. The van der Waals surface area contributed by atoms with E-state index in [2.05, 4.69) is 29.2 Å². The molecule has 1 aliphatic rings. The van der Waals surface area contributed by atoms with E-state index in [1.807, 2.05) is 17.9 Å². The predicted octanol–water partition coefficient (Wildman–Crippen LogP) is 1.91. The van der Waals surface area contributed by atoms with Gasteiger partial charge in [0.25, 0.3) is 0 Å². The highest BCUT2D eigenvalue weighted by atomic mass is 35.5. The normalized spacial score (nSPS) is 16.6. The van der Waals surface area contributed by atoms with Crippen LogP contribution in [0.25, 0.3) is 0 Å². The minimum absolute atomic E-state index is 0. The van der Waals surface area contributed by atoms with Crippen LogP contribution in [-0.2, 0) is 11.3 Å². The molecule has 0 radical (unpaired) electrons. The van der Waals surface area contributed by atoms with E-state index >= 15 is 0 Å². The van der Waals surface area contributed by atoms with Crippen molar-refractivity contribution in [1.29, 1.82) is 0 Å².